The largest absolute Gasteiger partial charge is 0.314 e. The molecule has 1 atom stereocenters. The Morgan fingerprint density at radius 2 is 1.80 bits per heavy atom. The predicted molar refractivity (Wildman–Crippen MR) is 131 cm³/mol. The van der Waals surface area contributed by atoms with E-state index >= 15 is 0 Å². The van der Waals surface area contributed by atoms with Crippen molar-refractivity contribution in [3.63, 3.8) is 0 Å². The summed E-state index contributed by atoms with van der Waals surface area (Å²) >= 11 is 0. The lowest BCUT2D eigenvalue weighted by Gasteiger charge is -2.11. The average Bonchev–Trinajstić information content (AvgIpc) is 3.23. The Balaban J connectivity index is 0.000000383. The number of benzene rings is 2. The number of nitrogens with one attached hydrogen (secondary N) is 1. The number of rotatable bonds is 7. The van der Waals surface area contributed by atoms with Gasteiger partial charge in [-0.05, 0) is 56.5 Å². The van der Waals surface area contributed by atoms with E-state index in [-0.39, 0.29) is 0 Å². The van der Waals surface area contributed by atoms with E-state index in [4.69, 9.17) is 4.79 Å². The number of nitrogens with zero attached hydrogens (tertiary/aromatic N) is 2. The molecule has 0 saturated carbocycles. The molecule has 1 unspecified atom stereocenters. The monoisotopic (exact) mass is 405 g/mol. The fourth-order valence-corrected chi connectivity index (χ4v) is 3.09. The maximum Gasteiger partial charge on any atom is 0.106 e. The maximum absolute atomic E-state index is 8.00. The van der Waals surface area contributed by atoms with Crippen LogP contribution in [-0.2, 0) is 4.79 Å². The summed E-state index contributed by atoms with van der Waals surface area (Å²) in [5, 5.41) is 3.38. The minimum Gasteiger partial charge on any atom is -0.314 e. The van der Waals surface area contributed by atoms with E-state index in [1.54, 1.807) is 0 Å². The Hall–Kier alpha value is -2.98. The number of fused-ring (bicyclic) bond motifs is 1. The number of aryl methyl sites for hydroxylation is 1. The molecule has 2 aromatic carbocycles. The Bertz CT molecular complexity index is 943. The van der Waals surface area contributed by atoms with Crippen molar-refractivity contribution in [2.45, 2.75) is 46.6 Å². The molecule has 1 heterocycles. The van der Waals surface area contributed by atoms with Crippen LogP contribution in [0.5, 0.6) is 0 Å². The second-order valence-corrected chi connectivity index (χ2v) is 7.01. The maximum atomic E-state index is 8.00. The van der Waals surface area contributed by atoms with E-state index in [2.05, 4.69) is 80.0 Å². The van der Waals surface area contributed by atoms with Gasteiger partial charge in [0.05, 0.1) is 16.7 Å². The van der Waals surface area contributed by atoms with Crippen LogP contribution in [0.15, 0.2) is 55.9 Å². The molecule has 4 heteroatoms. The van der Waals surface area contributed by atoms with E-state index in [9.17, 15) is 0 Å². The zero-order chi connectivity index (χ0) is 22.5. The molecule has 30 heavy (non-hydrogen) atoms. The zero-order valence-corrected chi connectivity index (χ0v) is 18.8. The number of carbonyl (C=O) groups excluding carboxylic acids is 1. The van der Waals surface area contributed by atoms with Gasteiger partial charge in [-0.25, -0.2) is 4.98 Å². The van der Waals surface area contributed by atoms with Gasteiger partial charge in [0, 0.05) is 11.6 Å². The molecule has 0 spiro atoms. The summed E-state index contributed by atoms with van der Waals surface area (Å²) in [5.74, 6) is 0. The summed E-state index contributed by atoms with van der Waals surface area (Å²) in [6, 6.07) is 13.1. The lowest BCUT2D eigenvalue weighted by molar-refractivity contribution is -0.0979. The quantitative estimate of drug-likeness (QED) is 0.507. The van der Waals surface area contributed by atoms with Crippen LogP contribution in [0.2, 0.25) is 0 Å². The number of hydrogen-bond donors (Lipinski definition) is 1. The average molecular weight is 406 g/mol. The SMILES string of the molecule is C=Cc1cccc(-n2cnc3c(C)cccc32)c1C=C.C=O.CCCNC(C)CC. The van der Waals surface area contributed by atoms with Crippen LogP contribution in [0.4, 0.5) is 0 Å². The summed E-state index contributed by atoms with van der Waals surface area (Å²) in [6.07, 6.45) is 8.07. The Labute approximate surface area is 181 Å². The van der Waals surface area contributed by atoms with E-state index in [1.807, 2.05) is 37.4 Å². The van der Waals surface area contributed by atoms with Gasteiger partial charge in [-0.3, -0.25) is 4.57 Å². The number of hydrogen-bond acceptors (Lipinski definition) is 3. The summed E-state index contributed by atoms with van der Waals surface area (Å²) in [7, 11) is 0. The van der Waals surface area contributed by atoms with Gasteiger partial charge in [0.1, 0.15) is 13.1 Å². The van der Waals surface area contributed by atoms with Gasteiger partial charge in [-0.2, -0.15) is 0 Å². The zero-order valence-electron chi connectivity index (χ0n) is 18.8. The molecular formula is C26H35N3O. The third-order valence-corrected chi connectivity index (χ3v) is 4.93. The summed E-state index contributed by atoms with van der Waals surface area (Å²) < 4.78 is 2.10. The van der Waals surface area contributed by atoms with Gasteiger partial charge in [-0.15, -0.1) is 0 Å². The fourth-order valence-electron chi connectivity index (χ4n) is 3.09. The van der Waals surface area contributed by atoms with Crippen molar-refractivity contribution < 1.29 is 4.79 Å². The molecule has 1 aromatic heterocycles. The predicted octanol–water partition coefficient (Wildman–Crippen LogP) is 6.22. The molecule has 4 nitrogen and oxygen atoms in total. The van der Waals surface area contributed by atoms with Gasteiger partial charge < -0.3 is 10.1 Å². The lowest BCUT2D eigenvalue weighted by atomic mass is 10.0. The fraction of sp³-hybridized carbons (Fsp3) is 0.308. The van der Waals surface area contributed by atoms with Crippen molar-refractivity contribution in [1.29, 1.82) is 0 Å². The minimum absolute atomic E-state index is 0.704. The minimum atomic E-state index is 0.704. The van der Waals surface area contributed by atoms with Crippen LogP contribution in [0.1, 0.15) is 50.3 Å². The van der Waals surface area contributed by atoms with Crippen molar-refractivity contribution in [1.82, 2.24) is 14.9 Å². The topological polar surface area (TPSA) is 46.9 Å². The second kappa shape index (κ2) is 13.3. The number of carbonyl (C=O) groups is 1. The molecule has 0 saturated heterocycles. The third kappa shape index (κ3) is 6.26. The molecule has 160 valence electrons. The van der Waals surface area contributed by atoms with Crippen LogP contribution >= 0.6 is 0 Å². The first kappa shape index (κ1) is 25.1. The van der Waals surface area contributed by atoms with Crippen molar-refractivity contribution in [3.05, 3.63) is 72.6 Å². The second-order valence-electron chi connectivity index (χ2n) is 7.01. The van der Waals surface area contributed by atoms with Crippen LogP contribution in [-0.4, -0.2) is 28.9 Å². The number of imidazole rings is 1. The molecule has 0 radical (unpaired) electrons. The van der Waals surface area contributed by atoms with E-state index < -0.39 is 0 Å². The third-order valence-electron chi connectivity index (χ3n) is 4.93. The van der Waals surface area contributed by atoms with E-state index in [0.29, 0.717) is 6.04 Å². The summed E-state index contributed by atoms with van der Waals surface area (Å²) in [4.78, 5) is 12.5. The van der Waals surface area contributed by atoms with Gasteiger partial charge in [0.2, 0.25) is 0 Å². The lowest BCUT2D eigenvalue weighted by Crippen LogP contribution is -2.25. The first-order valence-electron chi connectivity index (χ1n) is 10.4. The molecular weight excluding hydrogens is 370 g/mol. The van der Waals surface area contributed by atoms with Gasteiger partial charge in [0.15, 0.2) is 0 Å². The molecule has 3 rings (SSSR count). The molecule has 0 bridgehead atoms. The highest BCUT2D eigenvalue weighted by Gasteiger charge is 2.10. The van der Waals surface area contributed by atoms with Crippen LogP contribution < -0.4 is 5.32 Å². The van der Waals surface area contributed by atoms with Crippen molar-refractivity contribution in [3.8, 4) is 5.69 Å². The highest BCUT2D eigenvalue weighted by Crippen LogP contribution is 2.26. The Morgan fingerprint density at radius 1 is 1.10 bits per heavy atom. The highest BCUT2D eigenvalue weighted by atomic mass is 16.1. The Morgan fingerprint density at radius 3 is 2.40 bits per heavy atom. The first-order valence-corrected chi connectivity index (χ1v) is 10.4. The summed E-state index contributed by atoms with van der Waals surface area (Å²) in [5.41, 5.74) is 6.54. The molecule has 3 aromatic rings. The molecule has 0 aliphatic heterocycles. The normalized spacial score (nSPS) is 10.9. The molecule has 0 aliphatic carbocycles. The number of para-hydroxylation sites is 1. The van der Waals surface area contributed by atoms with Crippen molar-refractivity contribution in [2.24, 2.45) is 0 Å². The molecule has 1 N–H and O–H groups in total. The number of aromatic nitrogens is 2. The van der Waals surface area contributed by atoms with E-state index in [1.165, 1.54) is 18.4 Å². The van der Waals surface area contributed by atoms with E-state index in [0.717, 1.165) is 34.4 Å². The van der Waals surface area contributed by atoms with Crippen LogP contribution in [0.3, 0.4) is 0 Å². The van der Waals surface area contributed by atoms with Gasteiger partial charge in [0.25, 0.3) is 0 Å². The van der Waals surface area contributed by atoms with Crippen LogP contribution in [0.25, 0.3) is 28.9 Å². The molecule has 0 fully saturated rings. The molecule has 0 aliphatic rings. The Kier molecular flexibility index (Phi) is 11.1. The van der Waals surface area contributed by atoms with Gasteiger partial charge in [-0.1, -0.05) is 63.4 Å². The van der Waals surface area contributed by atoms with Crippen molar-refractivity contribution in [2.75, 3.05) is 6.54 Å². The highest BCUT2D eigenvalue weighted by molar-refractivity contribution is 5.82. The van der Waals surface area contributed by atoms with Gasteiger partial charge >= 0.3 is 0 Å². The smallest absolute Gasteiger partial charge is 0.106 e. The standard InChI is InChI=1S/C18H16N2.C7H17N.CH2O/c1-4-14-9-7-10-16(15(14)5-2)20-12-19-18-13(3)8-6-11-17(18)20;1-4-6-8-7(3)5-2;1-2/h4-12H,1-2H2,3H3;7-8H,4-6H2,1-3H3;1H2. The summed E-state index contributed by atoms with van der Waals surface area (Å²) in [6.45, 7) is 19.6. The first-order chi connectivity index (χ1) is 14.6. The van der Waals surface area contributed by atoms with Crippen LogP contribution in [0, 0.1) is 6.92 Å². The molecule has 0 amide bonds. The van der Waals surface area contributed by atoms with Crippen molar-refractivity contribution >= 4 is 30.0 Å².